The lowest BCUT2D eigenvalue weighted by atomic mass is 9.82. The SMILES string of the molecule is Cc1nn(C(C)C)cc1C1=Cc2c(N3CCN(C(=O)C4CCC(C#N)CC4)CC3)ccnc2C1. The first kappa shape index (κ1) is 22.6. The van der Waals surface area contributed by atoms with E-state index in [1.54, 1.807) is 0 Å². The normalized spacial score (nSPS) is 22.5. The Kier molecular flexibility index (Phi) is 6.16. The molecule has 3 aliphatic rings. The third kappa shape index (κ3) is 4.22. The van der Waals surface area contributed by atoms with Crippen LogP contribution in [0.4, 0.5) is 5.69 Å². The Balaban J connectivity index is 1.27. The molecule has 7 nitrogen and oxygen atoms in total. The number of allylic oxidation sites excluding steroid dienone is 1. The van der Waals surface area contributed by atoms with Crippen molar-refractivity contribution in [3.05, 3.63) is 41.0 Å². The maximum absolute atomic E-state index is 13.1. The molecular formula is C27H34N6O. The smallest absolute Gasteiger partial charge is 0.225 e. The summed E-state index contributed by atoms with van der Waals surface area (Å²) in [6.45, 7) is 9.56. The average molecular weight is 459 g/mol. The predicted octanol–water partition coefficient (Wildman–Crippen LogP) is 4.24. The van der Waals surface area contributed by atoms with Gasteiger partial charge in [0.05, 0.1) is 17.5 Å². The third-order valence-electron chi connectivity index (χ3n) is 7.71. The van der Waals surface area contributed by atoms with Crippen LogP contribution < -0.4 is 4.90 Å². The minimum absolute atomic E-state index is 0.0989. The fraction of sp³-hybridized carbons (Fsp3) is 0.556. The van der Waals surface area contributed by atoms with Crippen molar-refractivity contribution >= 4 is 23.2 Å². The van der Waals surface area contributed by atoms with Gasteiger partial charge in [-0.15, -0.1) is 0 Å². The fourth-order valence-electron chi connectivity index (χ4n) is 5.61. The Morgan fingerprint density at radius 2 is 1.88 bits per heavy atom. The van der Waals surface area contributed by atoms with Crippen molar-refractivity contribution in [1.29, 1.82) is 5.26 Å². The van der Waals surface area contributed by atoms with Crippen LogP contribution in [0.5, 0.6) is 0 Å². The zero-order chi connectivity index (χ0) is 23.8. The van der Waals surface area contributed by atoms with Crippen molar-refractivity contribution in [3.8, 4) is 6.07 Å². The molecule has 3 heterocycles. The quantitative estimate of drug-likeness (QED) is 0.685. The Labute approximate surface area is 202 Å². The number of amides is 1. The molecule has 5 rings (SSSR count). The van der Waals surface area contributed by atoms with E-state index in [-0.39, 0.29) is 17.7 Å². The predicted molar refractivity (Wildman–Crippen MR) is 133 cm³/mol. The number of fused-ring (bicyclic) bond motifs is 1. The van der Waals surface area contributed by atoms with Crippen LogP contribution in [0.2, 0.25) is 0 Å². The number of hydrogen-bond acceptors (Lipinski definition) is 5. The molecule has 1 saturated carbocycles. The number of hydrogen-bond donors (Lipinski definition) is 0. The molecular weight excluding hydrogens is 424 g/mol. The summed E-state index contributed by atoms with van der Waals surface area (Å²) in [5, 5.41) is 13.8. The number of nitriles is 1. The maximum atomic E-state index is 13.1. The maximum Gasteiger partial charge on any atom is 0.225 e. The van der Waals surface area contributed by atoms with Crippen LogP contribution in [0.25, 0.3) is 11.6 Å². The van der Waals surface area contributed by atoms with Gasteiger partial charge >= 0.3 is 0 Å². The van der Waals surface area contributed by atoms with Crippen molar-refractivity contribution in [1.82, 2.24) is 19.7 Å². The van der Waals surface area contributed by atoms with E-state index >= 15 is 0 Å². The van der Waals surface area contributed by atoms with Crippen molar-refractivity contribution in [3.63, 3.8) is 0 Å². The van der Waals surface area contributed by atoms with Crippen LogP contribution in [-0.2, 0) is 11.2 Å². The highest BCUT2D eigenvalue weighted by Gasteiger charge is 2.32. The van der Waals surface area contributed by atoms with E-state index in [0.29, 0.717) is 6.04 Å². The Morgan fingerprint density at radius 3 is 2.53 bits per heavy atom. The number of pyridine rings is 1. The summed E-state index contributed by atoms with van der Waals surface area (Å²) < 4.78 is 2.03. The number of rotatable bonds is 4. The van der Waals surface area contributed by atoms with Gasteiger partial charge in [-0.05, 0) is 64.2 Å². The molecule has 0 atom stereocenters. The van der Waals surface area contributed by atoms with Crippen LogP contribution in [0.15, 0.2) is 18.5 Å². The summed E-state index contributed by atoms with van der Waals surface area (Å²) in [6, 6.07) is 4.82. The number of carbonyl (C=O) groups is 1. The molecule has 1 aliphatic heterocycles. The van der Waals surface area contributed by atoms with Gasteiger partial charge in [-0.1, -0.05) is 0 Å². The Hall–Kier alpha value is -3.14. The number of nitrogens with zero attached hydrogens (tertiary/aromatic N) is 6. The van der Waals surface area contributed by atoms with Gasteiger partial charge in [-0.25, -0.2) is 0 Å². The van der Waals surface area contributed by atoms with E-state index < -0.39 is 0 Å². The largest absolute Gasteiger partial charge is 0.367 e. The topological polar surface area (TPSA) is 78.0 Å². The summed E-state index contributed by atoms with van der Waals surface area (Å²) in [5.74, 6) is 0.522. The van der Waals surface area contributed by atoms with Gasteiger partial charge in [0.25, 0.3) is 0 Å². The highest BCUT2D eigenvalue weighted by Crippen LogP contribution is 2.37. The zero-order valence-corrected chi connectivity index (χ0v) is 20.5. The van der Waals surface area contributed by atoms with Crippen LogP contribution in [0.1, 0.15) is 68.1 Å². The number of aryl methyl sites for hydroxylation is 1. The molecule has 1 amide bonds. The van der Waals surface area contributed by atoms with Gasteiger partial charge in [0.15, 0.2) is 0 Å². The van der Waals surface area contributed by atoms with Gasteiger partial charge in [0.1, 0.15) is 0 Å². The summed E-state index contributed by atoms with van der Waals surface area (Å²) >= 11 is 0. The summed E-state index contributed by atoms with van der Waals surface area (Å²) in [5.41, 5.74) is 7.10. The second-order valence-corrected chi connectivity index (χ2v) is 10.2. The van der Waals surface area contributed by atoms with Gasteiger partial charge in [-0.3, -0.25) is 14.5 Å². The lowest BCUT2D eigenvalue weighted by molar-refractivity contribution is -0.137. The first-order chi connectivity index (χ1) is 16.4. The van der Waals surface area contributed by atoms with Crippen LogP contribution >= 0.6 is 0 Å². The van der Waals surface area contributed by atoms with E-state index in [1.165, 1.54) is 22.4 Å². The van der Waals surface area contributed by atoms with Crippen molar-refractivity contribution in [2.24, 2.45) is 11.8 Å². The van der Waals surface area contributed by atoms with Gasteiger partial charge in [0, 0.05) is 79.7 Å². The molecule has 0 radical (unpaired) electrons. The summed E-state index contributed by atoms with van der Waals surface area (Å²) in [4.78, 5) is 22.2. The molecule has 2 aliphatic carbocycles. The monoisotopic (exact) mass is 458 g/mol. The minimum Gasteiger partial charge on any atom is -0.367 e. The Morgan fingerprint density at radius 1 is 1.15 bits per heavy atom. The number of anilines is 1. The molecule has 0 unspecified atom stereocenters. The molecule has 0 aromatic carbocycles. The van der Waals surface area contributed by atoms with Gasteiger partial charge in [0.2, 0.25) is 5.91 Å². The molecule has 7 heteroatoms. The highest BCUT2D eigenvalue weighted by atomic mass is 16.2. The lowest BCUT2D eigenvalue weighted by Crippen LogP contribution is -2.51. The molecule has 0 spiro atoms. The summed E-state index contributed by atoms with van der Waals surface area (Å²) in [6.07, 6.45) is 10.6. The zero-order valence-electron chi connectivity index (χ0n) is 20.5. The lowest BCUT2D eigenvalue weighted by Gasteiger charge is -2.39. The standard InChI is InChI=1S/C27H34N6O/c1-18(2)33-17-24(19(3)30-33)22-14-23-25(15-22)29-9-8-26(23)31-10-12-32(13-11-31)27(34)21-6-4-20(16-28)5-7-21/h8-9,14,17-18,20-21H,4-7,10-13,15H2,1-3H3. The second kappa shape index (κ2) is 9.25. The molecule has 34 heavy (non-hydrogen) atoms. The van der Waals surface area contributed by atoms with Crippen molar-refractivity contribution in [2.75, 3.05) is 31.1 Å². The van der Waals surface area contributed by atoms with Crippen LogP contribution in [0.3, 0.4) is 0 Å². The number of carbonyl (C=O) groups excluding carboxylic acids is 1. The molecule has 1 saturated heterocycles. The van der Waals surface area contributed by atoms with Gasteiger partial charge < -0.3 is 9.80 Å². The van der Waals surface area contributed by atoms with Crippen molar-refractivity contribution in [2.45, 2.75) is 58.9 Å². The van der Waals surface area contributed by atoms with E-state index in [0.717, 1.165) is 69.7 Å². The fourth-order valence-corrected chi connectivity index (χ4v) is 5.61. The third-order valence-corrected chi connectivity index (χ3v) is 7.71. The minimum atomic E-state index is 0.0989. The van der Waals surface area contributed by atoms with E-state index in [1.807, 2.05) is 15.8 Å². The molecule has 178 valence electrons. The summed E-state index contributed by atoms with van der Waals surface area (Å²) in [7, 11) is 0. The first-order valence-corrected chi connectivity index (χ1v) is 12.6. The van der Waals surface area contributed by atoms with Gasteiger partial charge in [-0.2, -0.15) is 10.4 Å². The highest BCUT2D eigenvalue weighted by molar-refractivity contribution is 5.92. The second-order valence-electron chi connectivity index (χ2n) is 10.2. The van der Waals surface area contributed by atoms with E-state index in [9.17, 15) is 4.79 Å². The molecule has 0 bridgehead atoms. The number of piperazine rings is 1. The average Bonchev–Trinajstić information content (AvgIpc) is 3.47. The van der Waals surface area contributed by atoms with E-state index in [2.05, 4.69) is 55.1 Å². The van der Waals surface area contributed by atoms with Crippen LogP contribution in [-0.4, -0.2) is 51.8 Å². The Bertz CT molecular complexity index is 1140. The number of aromatic nitrogens is 3. The van der Waals surface area contributed by atoms with Crippen LogP contribution in [0, 0.1) is 30.1 Å². The molecule has 0 N–H and O–H groups in total. The molecule has 2 aromatic heterocycles. The molecule has 2 aromatic rings. The molecule has 2 fully saturated rings. The first-order valence-electron chi connectivity index (χ1n) is 12.6. The van der Waals surface area contributed by atoms with E-state index in [4.69, 9.17) is 10.4 Å². The van der Waals surface area contributed by atoms with Crippen molar-refractivity contribution < 1.29 is 4.79 Å².